The van der Waals surface area contributed by atoms with Crippen molar-refractivity contribution in [2.45, 2.75) is 25.2 Å². The second-order valence-corrected chi connectivity index (χ2v) is 7.55. The molecule has 14 heteroatoms. The van der Waals surface area contributed by atoms with Gasteiger partial charge in [-0.05, 0) is 18.4 Å². The second-order valence-electron chi connectivity index (χ2n) is 7.55. The summed E-state index contributed by atoms with van der Waals surface area (Å²) in [7, 11) is 0. The van der Waals surface area contributed by atoms with Crippen LogP contribution >= 0.6 is 0 Å². The van der Waals surface area contributed by atoms with Gasteiger partial charge in [-0.2, -0.15) is 17.6 Å². The lowest BCUT2D eigenvalue weighted by molar-refractivity contribution is -0.138. The lowest BCUT2D eigenvalue weighted by Gasteiger charge is -2.17. The molecule has 0 heterocycles. The van der Waals surface area contributed by atoms with E-state index in [0.29, 0.717) is 0 Å². The normalized spacial score (nSPS) is 11.8. The molecule has 4 nitrogen and oxygen atoms in total. The second kappa shape index (κ2) is 11.5. The number of rotatable bonds is 8. The molecular weight excluding hydrogens is 542 g/mol. The Morgan fingerprint density at radius 1 is 0.579 bits per heavy atom. The summed E-state index contributed by atoms with van der Waals surface area (Å²) in [6.45, 7) is 0. The number of halogens is 10. The molecule has 202 valence electrons. The van der Waals surface area contributed by atoms with Gasteiger partial charge in [0.15, 0.2) is 0 Å². The van der Waals surface area contributed by atoms with Gasteiger partial charge in [-0.15, -0.1) is 0 Å². The smallest absolute Gasteiger partial charge is 0.319 e. The number of hydrogen-bond donors (Lipinski definition) is 0. The van der Waals surface area contributed by atoms with Crippen LogP contribution in [-0.2, 0) is 9.59 Å². The van der Waals surface area contributed by atoms with Crippen molar-refractivity contribution in [1.82, 2.24) is 0 Å². The van der Waals surface area contributed by atoms with Crippen LogP contribution in [0.5, 0.6) is 11.5 Å². The summed E-state index contributed by atoms with van der Waals surface area (Å²) in [5, 5.41) is 0. The third-order valence-corrected chi connectivity index (χ3v) is 5.12. The van der Waals surface area contributed by atoms with Crippen molar-refractivity contribution in [2.24, 2.45) is 0 Å². The Bertz CT molecular complexity index is 1340. The van der Waals surface area contributed by atoms with Crippen molar-refractivity contribution in [1.29, 1.82) is 0 Å². The number of hydrogen-bond acceptors (Lipinski definition) is 4. The topological polar surface area (TPSA) is 52.6 Å². The molecule has 1 atom stereocenters. The third-order valence-electron chi connectivity index (χ3n) is 5.12. The average molecular weight is 554 g/mol. The molecule has 0 aliphatic heterocycles. The van der Waals surface area contributed by atoms with Gasteiger partial charge in [0, 0.05) is 6.42 Å². The quantitative estimate of drug-likeness (QED) is 0.104. The van der Waals surface area contributed by atoms with Crippen molar-refractivity contribution in [3.05, 3.63) is 94.1 Å². The minimum absolute atomic E-state index is 0.120. The molecule has 0 saturated carbocycles. The molecule has 0 bridgehead atoms. The number of ether oxygens (including phenoxy) is 2. The zero-order valence-electron chi connectivity index (χ0n) is 18.5. The maximum absolute atomic E-state index is 13.9. The van der Waals surface area contributed by atoms with Crippen LogP contribution in [0.2, 0.25) is 0 Å². The fourth-order valence-corrected chi connectivity index (χ4v) is 3.24. The zero-order chi connectivity index (χ0) is 28.3. The van der Waals surface area contributed by atoms with E-state index in [9.17, 15) is 53.5 Å². The third kappa shape index (κ3) is 5.58. The molecule has 0 aromatic heterocycles. The molecule has 0 radical (unpaired) electrons. The molecule has 38 heavy (non-hydrogen) atoms. The molecule has 0 spiro atoms. The Morgan fingerprint density at radius 3 is 1.42 bits per heavy atom. The van der Waals surface area contributed by atoms with Crippen LogP contribution in [0.25, 0.3) is 0 Å². The maximum Gasteiger partial charge on any atom is 0.319 e. The number of esters is 2. The van der Waals surface area contributed by atoms with Gasteiger partial charge in [0.05, 0.1) is 5.92 Å². The van der Waals surface area contributed by atoms with E-state index < -0.39 is 100 Å². The van der Waals surface area contributed by atoms with Gasteiger partial charge in [0.1, 0.15) is 0 Å². The van der Waals surface area contributed by atoms with Crippen LogP contribution in [0, 0.1) is 58.2 Å². The summed E-state index contributed by atoms with van der Waals surface area (Å²) < 4.78 is 144. The first-order valence-electron chi connectivity index (χ1n) is 10.4. The first-order valence-corrected chi connectivity index (χ1v) is 10.4. The highest BCUT2D eigenvalue weighted by molar-refractivity contribution is 5.80. The summed E-state index contributed by atoms with van der Waals surface area (Å²) in [5.74, 6) is -32.2. The van der Waals surface area contributed by atoms with E-state index >= 15 is 0 Å². The van der Waals surface area contributed by atoms with Crippen LogP contribution in [0.3, 0.4) is 0 Å². The van der Waals surface area contributed by atoms with Crippen molar-refractivity contribution < 1.29 is 63.0 Å². The molecule has 1 unspecified atom stereocenters. The van der Waals surface area contributed by atoms with Gasteiger partial charge in [-0.1, -0.05) is 30.3 Å². The molecule has 3 aromatic rings. The van der Waals surface area contributed by atoms with Gasteiger partial charge in [0.2, 0.25) is 69.7 Å². The van der Waals surface area contributed by atoms with Crippen LogP contribution in [0.1, 0.15) is 30.7 Å². The highest BCUT2D eigenvalue weighted by Crippen LogP contribution is 2.33. The van der Waals surface area contributed by atoms with Gasteiger partial charge >= 0.3 is 11.9 Å². The van der Waals surface area contributed by atoms with Crippen LogP contribution in [-0.4, -0.2) is 11.9 Å². The minimum atomic E-state index is -2.48. The summed E-state index contributed by atoms with van der Waals surface area (Å²) in [6.07, 6.45) is -1.57. The Morgan fingerprint density at radius 2 is 0.974 bits per heavy atom. The Kier molecular flexibility index (Phi) is 8.63. The molecule has 0 aliphatic carbocycles. The average Bonchev–Trinajstić information content (AvgIpc) is 2.91. The van der Waals surface area contributed by atoms with E-state index in [0.717, 1.165) is 0 Å². The summed E-state index contributed by atoms with van der Waals surface area (Å²) >= 11 is 0. The van der Waals surface area contributed by atoms with E-state index in [4.69, 9.17) is 0 Å². The predicted molar refractivity (Wildman–Crippen MR) is 107 cm³/mol. The van der Waals surface area contributed by atoms with Gasteiger partial charge < -0.3 is 9.47 Å². The first kappa shape index (κ1) is 28.5. The Hall–Kier alpha value is -4.10. The lowest BCUT2D eigenvalue weighted by atomic mass is 9.93. The summed E-state index contributed by atoms with van der Waals surface area (Å²) in [4.78, 5) is 24.6. The van der Waals surface area contributed by atoms with E-state index in [-0.39, 0.29) is 12.0 Å². The number of benzene rings is 3. The number of carbonyl (C=O) groups is 2. The molecule has 0 aliphatic rings. The summed E-state index contributed by atoms with van der Waals surface area (Å²) in [6, 6.07) is 7.02. The molecule has 0 amide bonds. The van der Waals surface area contributed by atoms with E-state index in [1.54, 1.807) is 0 Å². The highest BCUT2D eigenvalue weighted by atomic mass is 19.2. The van der Waals surface area contributed by atoms with Crippen LogP contribution in [0.15, 0.2) is 30.3 Å². The van der Waals surface area contributed by atoms with Crippen LogP contribution in [0.4, 0.5) is 43.9 Å². The maximum atomic E-state index is 13.9. The highest BCUT2D eigenvalue weighted by Gasteiger charge is 2.32. The monoisotopic (exact) mass is 554 g/mol. The van der Waals surface area contributed by atoms with E-state index in [1.807, 2.05) is 0 Å². The molecule has 3 aromatic carbocycles. The lowest BCUT2D eigenvalue weighted by Crippen LogP contribution is -2.22. The fraction of sp³-hybridized carbons (Fsp3) is 0.167. The van der Waals surface area contributed by atoms with Gasteiger partial charge in [-0.3, -0.25) is 9.59 Å². The predicted octanol–water partition coefficient (Wildman–Crippen LogP) is 6.54. The molecular formula is C24H12F10O4. The van der Waals surface area contributed by atoms with E-state index in [1.165, 1.54) is 30.3 Å². The largest absolute Gasteiger partial charge is 0.420 e. The standard InChI is InChI=1S/C24H12F10O4/c25-12-14(27)18(31)22(19(32)15(12)28)37-11(35)8-4-7-10(9-5-2-1-3-6-9)24(36)38-23-20(33)16(29)13(26)17(30)21(23)34/h1-3,5-6,10H,4,7-8H2. The molecule has 0 fully saturated rings. The van der Waals surface area contributed by atoms with Crippen molar-refractivity contribution in [3.8, 4) is 11.5 Å². The molecule has 3 rings (SSSR count). The van der Waals surface area contributed by atoms with Gasteiger partial charge in [-0.25, -0.2) is 26.3 Å². The Labute approximate surface area is 206 Å². The SMILES string of the molecule is O=C(CCCC(C(=O)Oc1c(F)c(F)c(F)c(F)c1F)c1ccccc1)Oc1c(F)c(F)c(F)c(F)c1F. The van der Waals surface area contributed by atoms with Crippen molar-refractivity contribution in [3.63, 3.8) is 0 Å². The number of carbonyl (C=O) groups excluding carboxylic acids is 2. The zero-order valence-corrected chi connectivity index (χ0v) is 18.5. The first-order chi connectivity index (χ1) is 17.9. The fourth-order valence-electron chi connectivity index (χ4n) is 3.24. The molecule has 0 N–H and O–H groups in total. The van der Waals surface area contributed by atoms with Crippen molar-refractivity contribution >= 4 is 11.9 Å². The molecule has 0 saturated heterocycles. The van der Waals surface area contributed by atoms with E-state index in [2.05, 4.69) is 9.47 Å². The summed E-state index contributed by atoms with van der Waals surface area (Å²) in [5.41, 5.74) is 0.120. The van der Waals surface area contributed by atoms with Crippen molar-refractivity contribution in [2.75, 3.05) is 0 Å². The van der Waals surface area contributed by atoms with Crippen LogP contribution < -0.4 is 9.47 Å². The Balaban J connectivity index is 1.77. The minimum Gasteiger partial charge on any atom is -0.420 e. The van der Waals surface area contributed by atoms with Gasteiger partial charge in [0.25, 0.3) is 0 Å².